The zero-order valence-corrected chi connectivity index (χ0v) is 10.5. The van der Waals surface area contributed by atoms with Gasteiger partial charge in [-0.1, -0.05) is 6.07 Å². The number of aliphatic carboxylic acids is 1. The van der Waals surface area contributed by atoms with Gasteiger partial charge in [0.05, 0.1) is 5.69 Å². The van der Waals surface area contributed by atoms with Crippen molar-refractivity contribution in [1.29, 1.82) is 0 Å². The molecule has 21 heavy (non-hydrogen) atoms. The first-order valence-corrected chi connectivity index (χ1v) is 5.77. The molecule has 1 N–H and O–H groups in total. The van der Waals surface area contributed by atoms with Crippen LogP contribution in [0.5, 0.6) is 0 Å². The first kappa shape index (κ1) is 14.7. The van der Waals surface area contributed by atoms with Crippen LogP contribution in [0.1, 0.15) is 11.3 Å². The van der Waals surface area contributed by atoms with E-state index in [0.29, 0.717) is 5.56 Å². The fourth-order valence-electron chi connectivity index (χ4n) is 1.66. The van der Waals surface area contributed by atoms with Crippen LogP contribution in [0.3, 0.4) is 0 Å². The third kappa shape index (κ3) is 3.65. The molecule has 2 aromatic rings. The lowest BCUT2D eigenvalue weighted by molar-refractivity contribution is -0.141. The van der Waals surface area contributed by atoms with E-state index < -0.39 is 17.8 Å². The third-order valence-corrected chi connectivity index (χ3v) is 2.56. The Bertz CT molecular complexity index is 682. The number of nitrogens with zero attached hydrogens (tertiary/aromatic N) is 2. The normalized spacial score (nSPS) is 11.8. The van der Waals surface area contributed by atoms with Gasteiger partial charge in [-0.05, 0) is 24.3 Å². The molecular formula is C14H9F3N2O2. The monoisotopic (exact) mass is 294 g/mol. The van der Waals surface area contributed by atoms with Crippen molar-refractivity contribution < 1.29 is 23.1 Å². The van der Waals surface area contributed by atoms with Gasteiger partial charge < -0.3 is 5.11 Å². The topological polar surface area (TPSA) is 63.1 Å². The zero-order chi connectivity index (χ0) is 15.5. The van der Waals surface area contributed by atoms with Gasteiger partial charge >= 0.3 is 12.1 Å². The van der Waals surface area contributed by atoms with Gasteiger partial charge in [0.1, 0.15) is 5.69 Å². The van der Waals surface area contributed by atoms with Crippen molar-refractivity contribution in [2.45, 2.75) is 6.18 Å². The summed E-state index contributed by atoms with van der Waals surface area (Å²) >= 11 is 0. The van der Waals surface area contributed by atoms with Crippen molar-refractivity contribution in [2.24, 2.45) is 0 Å². The van der Waals surface area contributed by atoms with E-state index in [1.54, 1.807) is 12.1 Å². The second-order valence-corrected chi connectivity index (χ2v) is 4.05. The highest BCUT2D eigenvalue weighted by atomic mass is 19.4. The first-order valence-electron chi connectivity index (χ1n) is 5.77. The summed E-state index contributed by atoms with van der Waals surface area (Å²) in [5, 5.41) is 8.62. The van der Waals surface area contributed by atoms with Crippen molar-refractivity contribution in [1.82, 2.24) is 9.97 Å². The van der Waals surface area contributed by atoms with Crippen LogP contribution in [0, 0.1) is 0 Å². The highest BCUT2D eigenvalue weighted by Crippen LogP contribution is 2.31. The van der Waals surface area contributed by atoms with Crippen LogP contribution in [0.25, 0.3) is 17.3 Å². The van der Waals surface area contributed by atoms with Gasteiger partial charge in [-0.2, -0.15) is 13.2 Å². The second kappa shape index (κ2) is 5.74. The fraction of sp³-hybridized carbons (Fsp3) is 0.0714. The Kier molecular flexibility index (Phi) is 4.02. The average molecular weight is 294 g/mol. The van der Waals surface area contributed by atoms with Crippen LogP contribution in [0.2, 0.25) is 0 Å². The van der Waals surface area contributed by atoms with Gasteiger partial charge in [-0.25, -0.2) is 9.78 Å². The predicted molar refractivity (Wildman–Crippen MR) is 69.1 cm³/mol. The van der Waals surface area contributed by atoms with Crippen molar-refractivity contribution >= 4 is 12.0 Å². The Morgan fingerprint density at radius 3 is 2.57 bits per heavy atom. The molecule has 0 saturated carbocycles. The molecule has 4 nitrogen and oxygen atoms in total. The molecule has 0 aliphatic heterocycles. The summed E-state index contributed by atoms with van der Waals surface area (Å²) in [4.78, 5) is 18.0. The summed E-state index contributed by atoms with van der Waals surface area (Å²) < 4.78 is 38.2. The van der Waals surface area contributed by atoms with E-state index in [-0.39, 0.29) is 11.3 Å². The molecule has 0 radical (unpaired) electrons. The third-order valence-electron chi connectivity index (χ3n) is 2.56. The van der Waals surface area contributed by atoms with Crippen LogP contribution >= 0.6 is 0 Å². The van der Waals surface area contributed by atoms with E-state index >= 15 is 0 Å². The molecule has 0 spiro atoms. The Morgan fingerprint density at radius 1 is 1.24 bits per heavy atom. The molecule has 0 fully saturated rings. The molecule has 2 heterocycles. The number of hydrogen-bond donors (Lipinski definition) is 1. The van der Waals surface area contributed by atoms with E-state index in [4.69, 9.17) is 5.11 Å². The zero-order valence-electron chi connectivity index (χ0n) is 10.5. The summed E-state index contributed by atoms with van der Waals surface area (Å²) in [5.41, 5.74) is -0.392. The molecule has 0 aromatic carbocycles. The largest absolute Gasteiger partial charge is 0.478 e. The number of carboxylic acids is 1. The number of carboxylic acid groups (broad SMARTS) is 1. The summed E-state index contributed by atoms with van der Waals surface area (Å²) in [6.07, 6.45) is 0.290. The lowest BCUT2D eigenvalue weighted by Crippen LogP contribution is -2.09. The Balaban J connectivity index is 2.58. The lowest BCUT2D eigenvalue weighted by atomic mass is 10.1. The minimum Gasteiger partial charge on any atom is -0.478 e. The lowest BCUT2D eigenvalue weighted by Gasteiger charge is -2.10. The molecule has 0 saturated heterocycles. The fourth-order valence-corrected chi connectivity index (χ4v) is 1.66. The van der Waals surface area contributed by atoms with Crippen molar-refractivity contribution in [2.75, 3.05) is 0 Å². The number of alkyl halides is 3. The van der Waals surface area contributed by atoms with Crippen molar-refractivity contribution in [3.63, 3.8) is 0 Å². The van der Waals surface area contributed by atoms with Crippen LogP contribution in [0.4, 0.5) is 13.2 Å². The summed E-state index contributed by atoms with van der Waals surface area (Å²) in [6, 6.07) is 5.09. The number of aromatic nitrogens is 2. The minimum absolute atomic E-state index is 0.0235. The maximum atomic E-state index is 12.7. The first-order chi connectivity index (χ1) is 9.88. The van der Waals surface area contributed by atoms with Crippen LogP contribution in [-0.2, 0) is 11.0 Å². The van der Waals surface area contributed by atoms with Crippen molar-refractivity contribution in [3.05, 3.63) is 54.0 Å². The number of halogens is 3. The molecule has 0 aliphatic carbocycles. The number of carbonyl (C=O) groups is 1. The molecular weight excluding hydrogens is 285 g/mol. The summed E-state index contributed by atoms with van der Waals surface area (Å²) in [5.74, 6) is -1.20. The maximum absolute atomic E-state index is 12.7. The van der Waals surface area contributed by atoms with Gasteiger partial charge in [0.15, 0.2) is 0 Å². The smallest absolute Gasteiger partial charge is 0.433 e. The van der Waals surface area contributed by atoms with E-state index in [1.807, 2.05) is 0 Å². The molecule has 2 rings (SSSR count). The molecule has 0 atom stereocenters. The van der Waals surface area contributed by atoms with Gasteiger partial charge in [0.2, 0.25) is 0 Å². The SMILES string of the molecule is O=C(O)C=Cc1ccc(C(F)(F)F)nc1-c1cccnc1. The van der Waals surface area contributed by atoms with Crippen LogP contribution in [-0.4, -0.2) is 21.0 Å². The molecule has 108 valence electrons. The summed E-state index contributed by atoms with van der Waals surface area (Å²) in [6.45, 7) is 0. The molecule has 7 heteroatoms. The molecule has 2 aromatic heterocycles. The van der Waals surface area contributed by atoms with E-state index in [2.05, 4.69) is 9.97 Å². The minimum atomic E-state index is -4.58. The molecule has 0 bridgehead atoms. The molecule has 0 aliphatic rings. The highest BCUT2D eigenvalue weighted by Gasteiger charge is 2.33. The number of pyridine rings is 2. The van der Waals surface area contributed by atoms with E-state index in [0.717, 1.165) is 12.1 Å². The Labute approximate surface area is 117 Å². The van der Waals surface area contributed by atoms with E-state index in [9.17, 15) is 18.0 Å². The highest BCUT2D eigenvalue weighted by molar-refractivity contribution is 5.87. The molecule has 0 unspecified atom stereocenters. The number of hydrogen-bond acceptors (Lipinski definition) is 3. The van der Waals surface area contributed by atoms with Crippen LogP contribution in [0.15, 0.2) is 42.7 Å². The average Bonchev–Trinajstić information content (AvgIpc) is 2.45. The van der Waals surface area contributed by atoms with Gasteiger partial charge in [0, 0.05) is 29.6 Å². The molecule has 0 amide bonds. The Hall–Kier alpha value is -2.70. The van der Waals surface area contributed by atoms with Crippen molar-refractivity contribution in [3.8, 4) is 11.3 Å². The standard InChI is InChI=1S/C14H9F3N2O2/c15-14(16,17)11-5-3-9(4-6-12(20)21)13(19-11)10-2-1-7-18-8-10/h1-8H,(H,20,21). The quantitative estimate of drug-likeness (QED) is 0.883. The maximum Gasteiger partial charge on any atom is 0.433 e. The van der Waals surface area contributed by atoms with Crippen LogP contribution < -0.4 is 0 Å². The Morgan fingerprint density at radius 2 is 2.00 bits per heavy atom. The van der Waals surface area contributed by atoms with Gasteiger partial charge in [0.25, 0.3) is 0 Å². The number of rotatable bonds is 3. The van der Waals surface area contributed by atoms with Gasteiger partial charge in [-0.3, -0.25) is 4.98 Å². The van der Waals surface area contributed by atoms with Gasteiger partial charge in [-0.15, -0.1) is 0 Å². The van der Waals surface area contributed by atoms with E-state index in [1.165, 1.54) is 24.5 Å². The predicted octanol–water partition coefficient (Wildman–Crippen LogP) is 3.26. The second-order valence-electron chi connectivity index (χ2n) is 4.05. The summed E-state index contributed by atoms with van der Waals surface area (Å²) in [7, 11) is 0.